The molecule has 1 heterocycles. The van der Waals surface area contributed by atoms with E-state index in [0.29, 0.717) is 47.2 Å². The predicted octanol–water partition coefficient (Wildman–Crippen LogP) is 5.06. The van der Waals surface area contributed by atoms with E-state index in [1.165, 1.54) is 39.5 Å². The standard InChI is InChI=1S/C27H28FN3O5/c1-33-22-7-5-6-19-16(15-30-25(19)22)10-11-29-27(32)20-9-8-17(28)12-21(20)31-18-13-23(34-2)26(36-4)24(14-18)35-3/h5-9,12-15,30-31H,10-11H2,1-4H3,(H,29,32). The third kappa shape index (κ3) is 5.00. The maximum absolute atomic E-state index is 14.1. The first-order valence-electron chi connectivity index (χ1n) is 11.3. The van der Waals surface area contributed by atoms with Gasteiger partial charge in [-0.1, -0.05) is 12.1 Å². The minimum atomic E-state index is -0.478. The van der Waals surface area contributed by atoms with Gasteiger partial charge in [-0.05, 0) is 36.2 Å². The molecule has 8 nitrogen and oxygen atoms in total. The highest BCUT2D eigenvalue weighted by Crippen LogP contribution is 2.41. The number of ether oxygens (including phenoxy) is 4. The van der Waals surface area contributed by atoms with Crippen molar-refractivity contribution < 1.29 is 28.1 Å². The maximum atomic E-state index is 14.1. The van der Waals surface area contributed by atoms with E-state index in [1.54, 1.807) is 19.2 Å². The second kappa shape index (κ2) is 10.9. The summed E-state index contributed by atoms with van der Waals surface area (Å²) in [6.45, 7) is 0.393. The number of halogens is 1. The number of hydrogen-bond acceptors (Lipinski definition) is 6. The van der Waals surface area contributed by atoms with Crippen LogP contribution in [0.3, 0.4) is 0 Å². The Labute approximate surface area is 208 Å². The quantitative estimate of drug-likeness (QED) is 0.286. The summed E-state index contributed by atoms with van der Waals surface area (Å²) in [7, 11) is 6.15. The summed E-state index contributed by atoms with van der Waals surface area (Å²) in [5.41, 5.74) is 3.11. The molecule has 1 amide bonds. The number of carbonyl (C=O) groups excluding carboxylic acids is 1. The number of H-pyrrole nitrogens is 1. The van der Waals surface area contributed by atoms with Crippen molar-refractivity contribution in [1.82, 2.24) is 10.3 Å². The van der Waals surface area contributed by atoms with Crippen LogP contribution in [0.25, 0.3) is 10.9 Å². The number of nitrogens with one attached hydrogen (secondary N) is 3. The molecule has 0 bridgehead atoms. The van der Waals surface area contributed by atoms with Crippen LogP contribution >= 0.6 is 0 Å². The fraction of sp³-hybridized carbons (Fsp3) is 0.222. The smallest absolute Gasteiger partial charge is 0.253 e. The van der Waals surface area contributed by atoms with Crippen molar-refractivity contribution >= 4 is 28.2 Å². The van der Waals surface area contributed by atoms with Crippen LogP contribution in [0.4, 0.5) is 15.8 Å². The summed E-state index contributed by atoms with van der Waals surface area (Å²) >= 11 is 0. The van der Waals surface area contributed by atoms with Gasteiger partial charge in [-0.3, -0.25) is 4.79 Å². The molecule has 0 radical (unpaired) electrons. The highest BCUT2D eigenvalue weighted by Gasteiger charge is 2.17. The molecule has 0 saturated heterocycles. The number of fused-ring (bicyclic) bond motifs is 1. The van der Waals surface area contributed by atoms with Gasteiger partial charge in [0.05, 0.1) is 45.2 Å². The van der Waals surface area contributed by atoms with Crippen LogP contribution in [0, 0.1) is 5.82 Å². The van der Waals surface area contributed by atoms with Crippen molar-refractivity contribution in [2.24, 2.45) is 0 Å². The van der Waals surface area contributed by atoms with Gasteiger partial charge >= 0.3 is 0 Å². The second-order valence-corrected chi connectivity index (χ2v) is 7.93. The van der Waals surface area contributed by atoms with Crippen LogP contribution in [0.5, 0.6) is 23.0 Å². The van der Waals surface area contributed by atoms with Crippen LogP contribution in [0.1, 0.15) is 15.9 Å². The van der Waals surface area contributed by atoms with Crippen molar-refractivity contribution in [1.29, 1.82) is 0 Å². The monoisotopic (exact) mass is 493 g/mol. The summed E-state index contributed by atoms with van der Waals surface area (Å²) in [6, 6.07) is 13.1. The number of para-hydroxylation sites is 1. The van der Waals surface area contributed by atoms with Gasteiger partial charge in [0.25, 0.3) is 5.91 Å². The Morgan fingerprint density at radius 3 is 2.31 bits per heavy atom. The Morgan fingerprint density at radius 2 is 1.64 bits per heavy atom. The number of anilines is 2. The molecule has 4 aromatic rings. The number of hydrogen-bond donors (Lipinski definition) is 3. The fourth-order valence-corrected chi connectivity index (χ4v) is 4.09. The first kappa shape index (κ1) is 24.7. The van der Waals surface area contributed by atoms with Gasteiger partial charge in [-0.2, -0.15) is 0 Å². The van der Waals surface area contributed by atoms with Crippen LogP contribution in [0.2, 0.25) is 0 Å². The molecule has 4 rings (SSSR count). The first-order chi connectivity index (χ1) is 17.5. The van der Waals surface area contributed by atoms with E-state index in [2.05, 4.69) is 15.6 Å². The maximum Gasteiger partial charge on any atom is 0.253 e. The Morgan fingerprint density at radius 1 is 0.917 bits per heavy atom. The summed E-state index contributed by atoms with van der Waals surface area (Å²) in [5, 5.41) is 7.06. The largest absolute Gasteiger partial charge is 0.495 e. The summed E-state index contributed by atoms with van der Waals surface area (Å²) in [6.07, 6.45) is 2.52. The molecule has 1 aromatic heterocycles. The Bertz CT molecular complexity index is 1360. The van der Waals surface area contributed by atoms with E-state index in [1.807, 2.05) is 24.4 Å². The third-order valence-corrected chi connectivity index (χ3v) is 5.83. The highest BCUT2D eigenvalue weighted by molar-refractivity contribution is 6.00. The van der Waals surface area contributed by atoms with Crippen LogP contribution < -0.4 is 29.6 Å². The van der Waals surface area contributed by atoms with Crippen molar-refractivity contribution in [2.45, 2.75) is 6.42 Å². The molecule has 0 aliphatic rings. The average molecular weight is 494 g/mol. The summed E-state index contributed by atoms with van der Waals surface area (Å²) in [4.78, 5) is 16.3. The van der Waals surface area contributed by atoms with Crippen LogP contribution in [-0.2, 0) is 6.42 Å². The predicted molar refractivity (Wildman–Crippen MR) is 137 cm³/mol. The zero-order chi connectivity index (χ0) is 25.7. The number of benzene rings is 3. The molecule has 0 saturated carbocycles. The normalized spacial score (nSPS) is 10.7. The van der Waals surface area contributed by atoms with Crippen molar-refractivity contribution in [3.05, 3.63) is 71.7 Å². The molecule has 188 valence electrons. The minimum Gasteiger partial charge on any atom is -0.495 e. The molecule has 3 aromatic carbocycles. The van der Waals surface area contributed by atoms with E-state index in [-0.39, 0.29) is 5.91 Å². The van der Waals surface area contributed by atoms with Gasteiger partial charge in [-0.15, -0.1) is 0 Å². The highest BCUT2D eigenvalue weighted by atomic mass is 19.1. The Kier molecular flexibility index (Phi) is 7.48. The third-order valence-electron chi connectivity index (χ3n) is 5.83. The molecule has 36 heavy (non-hydrogen) atoms. The second-order valence-electron chi connectivity index (χ2n) is 7.93. The molecule has 3 N–H and O–H groups in total. The van der Waals surface area contributed by atoms with Crippen molar-refractivity contribution in [3.8, 4) is 23.0 Å². The molecule has 9 heteroatoms. The van der Waals surface area contributed by atoms with E-state index >= 15 is 0 Å². The van der Waals surface area contributed by atoms with Gasteiger partial charge in [-0.25, -0.2) is 4.39 Å². The molecule has 0 atom stereocenters. The van der Waals surface area contributed by atoms with Crippen LogP contribution in [0.15, 0.2) is 54.7 Å². The van der Waals surface area contributed by atoms with Gasteiger partial charge in [0.2, 0.25) is 5.75 Å². The number of aromatic nitrogens is 1. The SMILES string of the molecule is COc1cc(Nc2cc(F)ccc2C(=O)NCCc2c[nH]c3c(OC)cccc23)cc(OC)c1OC. The lowest BCUT2D eigenvalue weighted by molar-refractivity contribution is 0.0955. The molecule has 0 spiro atoms. The molecule has 0 aliphatic carbocycles. The fourth-order valence-electron chi connectivity index (χ4n) is 4.09. The number of amides is 1. The number of methoxy groups -OCH3 is 4. The molecule has 0 aliphatic heterocycles. The first-order valence-corrected chi connectivity index (χ1v) is 11.3. The molecular formula is C27H28FN3O5. The van der Waals surface area contributed by atoms with Gasteiger partial charge in [0, 0.05) is 35.9 Å². The zero-order valence-corrected chi connectivity index (χ0v) is 20.5. The van der Waals surface area contributed by atoms with Crippen molar-refractivity contribution in [3.63, 3.8) is 0 Å². The summed E-state index contributed by atoms with van der Waals surface area (Å²) in [5.74, 6) is 1.24. The lowest BCUT2D eigenvalue weighted by atomic mass is 10.1. The van der Waals surface area contributed by atoms with Gasteiger partial charge in [0.1, 0.15) is 11.6 Å². The molecule has 0 unspecified atom stereocenters. The van der Waals surface area contributed by atoms with E-state index in [9.17, 15) is 9.18 Å². The molecule has 0 fully saturated rings. The van der Waals surface area contributed by atoms with Crippen molar-refractivity contribution in [2.75, 3.05) is 40.3 Å². The summed E-state index contributed by atoms with van der Waals surface area (Å²) < 4.78 is 35.6. The van der Waals surface area contributed by atoms with Gasteiger partial charge < -0.3 is 34.6 Å². The number of carbonyl (C=O) groups is 1. The molecular weight excluding hydrogens is 465 g/mol. The Hall–Kier alpha value is -4.40. The zero-order valence-electron chi connectivity index (χ0n) is 20.5. The lowest BCUT2D eigenvalue weighted by Crippen LogP contribution is -2.26. The lowest BCUT2D eigenvalue weighted by Gasteiger charge is -2.17. The van der Waals surface area contributed by atoms with E-state index < -0.39 is 5.82 Å². The Balaban J connectivity index is 1.51. The average Bonchev–Trinajstić information content (AvgIpc) is 3.31. The number of aromatic amines is 1. The van der Waals surface area contributed by atoms with Gasteiger partial charge in [0.15, 0.2) is 11.5 Å². The van der Waals surface area contributed by atoms with Crippen LogP contribution in [-0.4, -0.2) is 45.9 Å². The van der Waals surface area contributed by atoms with E-state index in [4.69, 9.17) is 18.9 Å². The topological polar surface area (TPSA) is 93.8 Å². The number of rotatable bonds is 10. The minimum absolute atomic E-state index is 0.297. The van der Waals surface area contributed by atoms with E-state index in [0.717, 1.165) is 22.2 Å².